The molecule has 0 saturated carbocycles. The zero-order valence-electron chi connectivity index (χ0n) is 11.8. The van der Waals surface area contributed by atoms with E-state index in [4.69, 9.17) is 22.1 Å². The first-order valence-electron chi connectivity index (χ1n) is 5.98. The largest absolute Gasteiger partial charge is 0.370 e. The highest BCUT2D eigenvalue weighted by molar-refractivity contribution is 6.28. The van der Waals surface area contributed by atoms with Gasteiger partial charge in [0.05, 0.1) is 16.9 Å². The molecule has 9 nitrogen and oxygen atoms in total. The summed E-state index contributed by atoms with van der Waals surface area (Å²) in [6, 6.07) is 0. The zero-order chi connectivity index (χ0) is 16.2. The Morgan fingerprint density at radius 2 is 2.24 bits per heavy atom. The van der Waals surface area contributed by atoms with Crippen LogP contribution < -0.4 is 11.1 Å². The van der Waals surface area contributed by atoms with Crippen LogP contribution in [0.25, 0.3) is 0 Å². The van der Waals surface area contributed by atoms with Gasteiger partial charge in [0, 0.05) is 0 Å². The second-order valence-electron chi connectivity index (χ2n) is 5.16. The number of nitrogens with zero attached hydrogens (tertiary/aromatic N) is 3. The van der Waals surface area contributed by atoms with E-state index in [9.17, 15) is 14.9 Å². The SMILES string of the molecule is CC(C)(C)OC(CC(N)=O)Nc1nc(Cl)ncc1[N+](=O)[O-]. The lowest BCUT2D eigenvalue weighted by molar-refractivity contribution is -0.384. The van der Waals surface area contributed by atoms with E-state index in [1.54, 1.807) is 20.8 Å². The first kappa shape index (κ1) is 17.1. The summed E-state index contributed by atoms with van der Waals surface area (Å²) in [5.74, 6) is -0.768. The van der Waals surface area contributed by atoms with E-state index in [2.05, 4.69) is 15.3 Å². The van der Waals surface area contributed by atoms with Crippen molar-refractivity contribution >= 4 is 29.0 Å². The summed E-state index contributed by atoms with van der Waals surface area (Å²) in [5, 5.41) is 13.4. The van der Waals surface area contributed by atoms with Gasteiger partial charge in [-0.15, -0.1) is 0 Å². The third-order valence-electron chi connectivity index (χ3n) is 2.12. The molecule has 10 heteroatoms. The molecule has 1 unspecified atom stereocenters. The molecule has 1 amide bonds. The molecule has 1 rings (SSSR count). The van der Waals surface area contributed by atoms with Crippen molar-refractivity contribution in [3.63, 3.8) is 0 Å². The molecular formula is C11H16ClN5O4. The van der Waals surface area contributed by atoms with Crippen LogP contribution in [0.1, 0.15) is 27.2 Å². The maximum atomic E-state index is 11.1. The summed E-state index contributed by atoms with van der Waals surface area (Å²) in [7, 11) is 0. The summed E-state index contributed by atoms with van der Waals surface area (Å²) in [6.07, 6.45) is -0.0984. The number of carbonyl (C=O) groups is 1. The first-order chi connectivity index (χ1) is 9.58. The van der Waals surface area contributed by atoms with Crippen molar-refractivity contribution < 1.29 is 14.5 Å². The Balaban J connectivity index is 3.04. The molecule has 0 aromatic carbocycles. The molecule has 0 bridgehead atoms. The number of halogens is 1. The molecule has 116 valence electrons. The van der Waals surface area contributed by atoms with Crippen molar-refractivity contribution in [1.82, 2.24) is 9.97 Å². The van der Waals surface area contributed by atoms with Crippen LogP contribution in [0.15, 0.2) is 6.20 Å². The Kier molecular flexibility index (Phi) is 5.39. The molecule has 0 saturated heterocycles. The number of ether oxygens (including phenoxy) is 1. The fourth-order valence-corrected chi connectivity index (χ4v) is 1.61. The van der Waals surface area contributed by atoms with Gasteiger partial charge in [0.2, 0.25) is 17.0 Å². The summed E-state index contributed by atoms with van der Waals surface area (Å²) in [5.41, 5.74) is 4.16. The Morgan fingerprint density at radius 1 is 1.62 bits per heavy atom. The number of aromatic nitrogens is 2. The fraction of sp³-hybridized carbons (Fsp3) is 0.545. The Labute approximate surface area is 126 Å². The second kappa shape index (κ2) is 6.64. The predicted octanol–water partition coefficient (Wildman–Crippen LogP) is 1.47. The third-order valence-corrected chi connectivity index (χ3v) is 2.30. The van der Waals surface area contributed by atoms with Gasteiger partial charge in [0.25, 0.3) is 0 Å². The maximum absolute atomic E-state index is 11.1. The van der Waals surface area contributed by atoms with Crippen LogP contribution in [0.3, 0.4) is 0 Å². The van der Waals surface area contributed by atoms with Crippen LogP contribution in [0, 0.1) is 10.1 Å². The molecule has 0 fully saturated rings. The van der Waals surface area contributed by atoms with E-state index >= 15 is 0 Å². The van der Waals surface area contributed by atoms with Crippen molar-refractivity contribution in [2.24, 2.45) is 5.73 Å². The normalized spacial score (nSPS) is 12.8. The first-order valence-corrected chi connectivity index (χ1v) is 6.36. The lowest BCUT2D eigenvalue weighted by Crippen LogP contribution is -2.36. The molecule has 0 spiro atoms. The minimum Gasteiger partial charge on any atom is -0.370 e. The predicted molar refractivity (Wildman–Crippen MR) is 75.8 cm³/mol. The van der Waals surface area contributed by atoms with Gasteiger partial charge < -0.3 is 15.8 Å². The third kappa shape index (κ3) is 5.88. The van der Waals surface area contributed by atoms with E-state index in [1.165, 1.54) is 0 Å². The lowest BCUT2D eigenvalue weighted by atomic mass is 10.2. The smallest absolute Gasteiger partial charge is 0.329 e. The van der Waals surface area contributed by atoms with E-state index in [1.807, 2.05) is 0 Å². The van der Waals surface area contributed by atoms with Crippen molar-refractivity contribution in [2.75, 3.05) is 5.32 Å². The number of nitro groups is 1. The van der Waals surface area contributed by atoms with Crippen molar-refractivity contribution in [1.29, 1.82) is 0 Å². The molecule has 0 aliphatic carbocycles. The van der Waals surface area contributed by atoms with Gasteiger partial charge in [0.15, 0.2) is 0 Å². The maximum Gasteiger partial charge on any atom is 0.329 e. The molecule has 1 heterocycles. The minimum absolute atomic E-state index is 0.143. The molecule has 3 N–H and O–H groups in total. The summed E-state index contributed by atoms with van der Waals surface area (Å²) in [4.78, 5) is 28.6. The Hall–Kier alpha value is -2.00. The average Bonchev–Trinajstić information content (AvgIpc) is 2.24. The molecule has 0 aliphatic heterocycles. The van der Waals surface area contributed by atoms with Gasteiger partial charge in [-0.3, -0.25) is 14.9 Å². The van der Waals surface area contributed by atoms with Gasteiger partial charge in [0.1, 0.15) is 12.4 Å². The van der Waals surface area contributed by atoms with Crippen LogP contribution in [-0.4, -0.2) is 32.6 Å². The highest BCUT2D eigenvalue weighted by Crippen LogP contribution is 2.24. The summed E-state index contributed by atoms with van der Waals surface area (Å²) >= 11 is 5.63. The number of nitrogens with two attached hydrogens (primary N) is 1. The minimum atomic E-state index is -0.882. The quantitative estimate of drug-likeness (QED) is 0.351. The van der Waals surface area contributed by atoms with Crippen molar-refractivity contribution in [3.05, 3.63) is 21.6 Å². The Morgan fingerprint density at radius 3 is 2.71 bits per heavy atom. The number of anilines is 1. The van der Waals surface area contributed by atoms with Crippen molar-refractivity contribution in [2.45, 2.75) is 39.0 Å². The van der Waals surface area contributed by atoms with Gasteiger partial charge in [-0.1, -0.05) is 0 Å². The van der Waals surface area contributed by atoms with E-state index in [0.717, 1.165) is 6.20 Å². The second-order valence-corrected chi connectivity index (χ2v) is 5.50. The highest BCUT2D eigenvalue weighted by Gasteiger charge is 2.25. The van der Waals surface area contributed by atoms with Gasteiger partial charge in [-0.2, -0.15) is 4.98 Å². The molecule has 1 atom stereocenters. The number of hydrogen-bond donors (Lipinski definition) is 2. The topological polar surface area (TPSA) is 133 Å². The average molecular weight is 318 g/mol. The van der Waals surface area contributed by atoms with E-state index < -0.39 is 22.7 Å². The monoisotopic (exact) mass is 317 g/mol. The van der Waals surface area contributed by atoms with Gasteiger partial charge >= 0.3 is 5.69 Å². The van der Waals surface area contributed by atoms with Gasteiger partial charge in [-0.05, 0) is 32.4 Å². The highest BCUT2D eigenvalue weighted by atomic mass is 35.5. The van der Waals surface area contributed by atoms with E-state index in [0.29, 0.717) is 0 Å². The van der Waals surface area contributed by atoms with Crippen LogP contribution in [-0.2, 0) is 9.53 Å². The van der Waals surface area contributed by atoms with Crippen LogP contribution >= 0.6 is 11.6 Å². The van der Waals surface area contributed by atoms with Crippen LogP contribution in [0.4, 0.5) is 11.5 Å². The van der Waals surface area contributed by atoms with Gasteiger partial charge in [-0.25, -0.2) is 4.98 Å². The molecule has 0 radical (unpaired) electrons. The number of nitrogens with one attached hydrogen (secondary N) is 1. The standard InChI is InChI=1S/C11H16ClN5O4/c1-11(2,3)21-8(4-7(13)18)15-9-6(17(19)20)5-14-10(12)16-9/h5,8H,4H2,1-3H3,(H2,13,18)(H,14,15,16). The number of amides is 1. The molecule has 1 aromatic rings. The lowest BCUT2D eigenvalue weighted by Gasteiger charge is -2.27. The van der Waals surface area contributed by atoms with Crippen LogP contribution in [0.5, 0.6) is 0 Å². The Bertz CT molecular complexity index is 546. The summed E-state index contributed by atoms with van der Waals surface area (Å²) in [6.45, 7) is 5.30. The van der Waals surface area contributed by atoms with Crippen LogP contribution in [0.2, 0.25) is 5.28 Å². The zero-order valence-corrected chi connectivity index (χ0v) is 12.5. The summed E-state index contributed by atoms with van der Waals surface area (Å²) < 4.78 is 5.59. The number of primary amides is 1. The fourth-order valence-electron chi connectivity index (χ4n) is 1.48. The molecule has 1 aromatic heterocycles. The van der Waals surface area contributed by atoms with E-state index in [-0.39, 0.29) is 23.2 Å². The number of carbonyl (C=O) groups excluding carboxylic acids is 1. The molecular weight excluding hydrogens is 302 g/mol. The number of rotatable bonds is 6. The number of hydrogen-bond acceptors (Lipinski definition) is 7. The molecule has 0 aliphatic rings. The van der Waals surface area contributed by atoms with Crippen molar-refractivity contribution in [3.8, 4) is 0 Å². The molecule has 21 heavy (non-hydrogen) atoms.